The fraction of sp³-hybridized carbons (Fsp3) is 0.0526. The first-order valence-electron chi connectivity index (χ1n) is 7.88. The van der Waals surface area contributed by atoms with Gasteiger partial charge in [-0.25, -0.2) is 4.98 Å². The highest BCUT2D eigenvalue weighted by molar-refractivity contribution is 5.89. The number of anilines is 1. The van der Waals surface area contributed by atoms with Crippen LogP contribution in [0.25, 0.3) is 23.1 Å². The van der Waals surface area contributed by atoms with Crippen LogP contribution in [0.3, 0.4) is 0 Å². The first kappa shape index (κ1) is 15.0. The summed E-state index contributed by atoms with van der Waals surface area (Å²) in [5.41, 5.74) is 9.42. The van der Waals surface area contributed by atoms with Gasteiger partial charge in [-0.1, -0.05) is 6.07 Å². The Balaban J connectivity index is 1.59. The van der Waals surface area contributed by atoms with E-state index in [1.54, 1.807) is 12.4 Å². The predicted octanol–water partition coefficient (Wildman–Crippen LogP) is 4.14. The Morgan fingerprint density at radius 1 is 1.08 bits per heavy atom. The van der Waals surface area contributed by atoms with E-state index >= 15 is 0 Å². The van der Waals surface area contributed by atoms with Crippen molar-refractivity contribution in [3.8, 4) is 11.5 Å². The number of ether oxygens (including phenoxy) is 1. The number of aromatic nitrogens is 4. The zero-order chi connectivity index (χ0) is 17.2. The minimum atomic E-state index is 0.708. The first-order chi connectivity index (χ1) is 12.2. The number of aromatic amines is 2. The van der Waals surface area contributed by atoms with Gasteiger partial charge in [-0.2, -0.15) is 5.10 Å². The molecular weight excluding hydrogens is 314 g/mol. The maximum atomic E-state index is 5.93. The van der Waals surface area contributed by atoms with Crippen molar-refractivity contribution in [2.75, 3.05) is 5.73 Å². The van der Waals surface area contributed by atoms with E-state index in [1.807, 2.05) is 55.5 Å². The molecule has 0 atom stereocenters. The minimum absolute atomic E-state index is 0.708. The second kappa shape index (κ2) is 6.16. The maximum Gasteiger partial charge on any atom is 0.130 e. The zero-order valence-corrected chi connectivity index (χ0v) is 13.7. The smallest absolute Gasteiger partial charge is 0.130 e. The van der Waals surface area contributed by atoms with Crippen molar-refractivity contribution in [2.45, 2.75) is 6.92 Å². The molecule has 6 nitrogen and oxygen atoms in total. The van der Waals surface area contributed by atoms with Gasteiger partial charge >= 0.3 is 0 Å². The number of benzene rings is 2. The summed E-state index contributed by atoms with van der Waals surface area (Å²) in [6, 6.07) is 11.5. The van der Waals surface area contributed by atoms with E-state index in [1.165, 1.54) is 0 Å². The normalized spacial score (nSPS) is 11.4. The van der Waals surface area contributed by atoms with Gasteiger partial charge in [-0.05, 0) is 42.8 Å². The molecule has 124 valence electrons. The molecule has 2 heterocycles. The number of hydrogen-bond acceptors (Lipinski definition) is 4. The van der Waals surface area contributed by atoms with E-state index in [-0.39, 0.29) is 0 Å². The average molecular weight is 331 g/mol. The molecule has 0 spiro atoms. The topological polar surface area (TPSA) is 92.6 Å². The number of nitrogen functional groups attached to an aromatic ring is 1. The van der Waals surface area contributed by atoms with Crippen molar-refractivity contribution < 1.29 is 4.74 Å². The largest absolute Gasteiger partial charge is 0.457 e. The van der Waals surface area contributed by atoms with Crippen LogP contribution < -0.4 is 10.5 Å². The molecule has 0 aliphatic heterocycles. The molecule has 0 bridgehead atoms. The quantitative estimate of drug-likeness (QED) is 0.490. The Kier molecular flexibility index (Phi) is 3.70. The van der Waals surface area contributed by atoms with Crippen molar-refractivity contribution >= 4 is 28.7 Å². The lowest BCUT2D eigenvalue weighted by molar-refractivity contribution is 0.483. The minimum Gasteiger partial charge on any atom is -0.457 e. The van der Waals surface area contributed by atoms with Gasteiger partial charge in [0.15, 0.2) is 0 Å². The van der Waals surface area contributed by atoms with Crippen LogP contribution >= 0.6 is 0 Å². The van der Waals surface area contributed by atoms with E-state index in [4.69, 9.17) is 10.5 Å². The summed E-state index contributed by atoms with van der Waals surface area (Å²) in [6.45, 7) is 1.97. The molecule has 0 fully saturated rings. The Hall–Kier alpha value is -3.54. The van der Waals surface area contributed by atoms with Crippen LogP contribution in [-0.4, -0.2) is 20.2 Å². The molecule has 0 saturated heterocycles. The van der Waals surface area contributed by atoms with Crippen LogP contribution in [0, 0.1) is 6.92 Å². The fourth-order valence-corrected chi connectivity index (χ4v) is 2.56. The third-order valence-corrected chi connectivity index (χ3v) is 3.97. The Morgan fingerprint density at radius 2 is 1.92 bits per heavy atom. The molecule has 0 radical (unpaired) electrons. The van der Waals surface area contributed by atoms with Crippen molar-refractivity contribution in [3.63, 3.8) is 0 Å². The third-order valence-electron chi connectivity index (χ3n) is 3.97. The van der Waals surface area contributed by atoms with Gasteiger partial charge in [-0.15, -0.1) is 0 Å². The highest BCUT2D eigenvalue weighted by Crippen LogP contribution is 2.28. The molecule has 0 saturated carbocycles. The Labute approximate surface area is 144 Å². The lowest BCUT2D eigenvalue weighted by Crippen LogP contribution is -1.91. The molecule has 2 aromatic carbocycles. The van der Waals surface area contributed by atoms with Crippen molar-refractivity contribution in [1.29, 1.82) is 0 Å². The van der Waals surface area contributed by atoms with Crippen LogP contribution in [0.1, 0.15) is 17.1 Å². The van der Waals surface area contributed by atoms with Gasteiger partial charge in [-0.3, -0.25) is 5.10 Å². The third kappa shape index (κ3) is 3.10. The summed E-state index contributed by atoms with van der Waals surface area (Å²) in [6.07, 6.45) is 7.29. The first-order valence-corrected chi connectivity index (χ1v) is 7.88. The van der Waals surface area contributed by atoms with Crippen molar-refractivity contribution in [3.05, 3.63) is 65.9 Å². The fourth-order valence-electron chi connectivity index (χ4n) is 2.56. The maximum absolute atomic E-state index is 5.93. The van der Waals surface area contributed by atoms with E-state index in [0.717, 1.165) is 33.7 Å². The van der Waals surface area contributed by atoms with Gasteiger partial charge in [0, 0.05) is 35.6 Å². The summed E-state index contributed by atoms with van der Waals surface area (Å²) in [5, 5.41) is 8.38. The number of nitrogens with one attached hydrogen (secondary N) is 2. The number of nitrogens with zero attached hydrogens (tertiary/aromatic N) is 2. The highest BCUT2D eigenvalue weighted by Gasteiger charge is 2.06. The standard InChI is InChI=1S/C19H17N5O/c1-12-2-3-13(10-16(12)20)25-14-4-5-15-17(23-24-18(15)11-14)6-7-19-21-8-9-22-19/h2-11H,20H2,1H3,(H,21,22)(H,23,24)/b7-6+. The van der Waals surface area contributed by atoms with Crippen LogP contribution in [0.15, 0.2) is 48.8 Å². The second-order valence-electron chi connectivity index (χ2n) is 5.74. The molecule has 4 N–H and O–H groups in total. The number of aryl methyl sites for hydroxylation is 1. The molecule has 0 aliphatic carbocycles. The molecule has 0 unspecified atom stereocenters. The number of imidazole rings is 1. The van der Waals surface area contributed by atoms with Crippen molar-refractivity contribution in [1.82, 2.24) is 20.2 Å². The zero-order valence-electron chi connectivity index (χ0n) is 13.7. The van der Waals surface area contributed by atoms with Gasteiger partial charge in [0.2, 0.25) is 0 Å². The molecule has 0 amide bonds. The number of hydrogen-bond donors (Lipinski definition) is 3. The van der Waals surface area contributed by atoms with Gasteiger partial charge in [0.05, 0.1) is 11.2 Å². The highest BCUT2D eigenvalue weighted by atomic mass is 16.5. The molecule has 0 aliphatic rings. The SMILES string of the molecule is Cc1ccc(Oc2ccc3c(/C=C/c4ncc[nH]4)n[nH]c3c2)cc1N. The number of nitrogens with two attached hydrogens (primary N) is 1. The summed E-state index contributed by atoms with van der Waals surface area (Å²) in [4.78, 5) is 7.19. The average Bonchev–Trinajstić information content (AvgIpc) is 3.25. The van der Waals surface area contributed by atoms with E-state index < -0.39 is 0 Å². The van der Waals surface area contributed by atoms with Crippen LogP contribution in [0.4, 0.5) is 5.69 Å². The molecule has 6 heteroatoms. The number of H-pyrrole nitrogens is 2. The predicted molar refractivity (Wildman–Crippen MR) is 99.3 cm³/mol. The molecule has 4 aromatic rings. The van der Waals surface area contributed by atoms with Crippen molar-refractivity contribution in [2.24, 2.45) is 0 Å². The molecule has 2 aromatic heterocycles. The van der Waals surface area contributed by atoms with E-state index in [2.05, 4.69) is 20.2 Å². The summed E-state index contributed by atoms with van der Waals surface area (Å²) in [7, 11) is 0. The van der Waals surface area contributed by atoms with Crippen LogP contribution in [0.5, 0.6) is 11.5 Å². The van der Waals surface area contributed by atoms with Gasteiger partial charge in [0.25, 0.3) is 0 Å². The number of fused-ring (bicyclic) bond motifs is 1. The van der Waals surface area contributed by atoms with E-state index in [9.17, 15) is 0 Å². The molecule has 25 heavy (non-hydrogen) atoms. The van der Waals surface area contributed by atoms with Gasteiger partial charge in [0.1, 0.15) is 17.3 Å². The number of rotatable bonds is 4. The summed E-state index contributed by atoms with van der Waals surface area (Å²) in [5.74, 6) is 2.22. The Morgan fingerprint density at radius 3 is 2.72 bits per heavy atom. The summed E-state index contributed by atoms with van der Waals surface area (Å²) >= 11 is 0. The van der Waals surface area contributed by atoms with E-state index in [0.29, 0.717) is 11.4 Å². The Bertz CT molecular complexity index is 1050. The lowest BCUT2D eigenvalue weighted by atomic mass is 10.2. The monoisotopic (exact) mass is 331 g/mol. The van der Waals surface area contributed by atoms with Crippen LogP contribution in [-0.2, 0) is 0 Å². The second-order valence-corrected chi connectivity index (χ2v) is 5.74. The molecular formula is C19H17N5O. The molecule has 4 rings (SSSR count). The van der Waals surface area contributed by atoms with Gasteiger partial charge < -0.3 is 15.5 Å². The summed E-state index contributed by atoms with van der Waals surface area (Å²) < 4.78 is 5.89. The van der Waals surface area contributed by atoms with Crippen LogP contribution in [0.2, 0.25) is 0 Å². The lowest BCUT2D eigenvalue weighted by Gasteiger charge is -2.07.